The quantitative estimate of drug-likeness (QED) is 0.562. The summed E-state index contributed by atoms with van der Waals surface area (Å²) in [5, 5.41) is 13.5. The molecule has 5 nitrogen and oxygen atoms in total. The maximum absolute atomic E-state index is 11.1. The summed E-state index contributed by atoms with van der Waals surface area (Å²) in [6.45, 7) is 4.14. The molecule has 2 amide bonds. The van der Waals surface area contributed by atoms with E-state index in [1.165, 1.54) is 6.92 Å². The van der Waals surface area contributed by atoms with Gasteiger partial charge in [0.2, 0.25) is 0 Å². The number of hydrogen-bond donors (Lipinski definition) is 3. The smallest absolute Gasteiger partial charge is 0.325 e. The minimum atomic E-state index is -1.03. The van der Waals surface area contributed by atoms with Gasteiger partial charge in [-0.15, -0.1) is 0 Å². The predicted octanol–water partition coefficient (Wildman–Crippen LogP) is 1.34. The van der Waals surface area contributed by atoms with Crippen LogP contribution < -0.4 is 10.6 Å². The van der Waals surface area contributed by atoms with Crippen molar-refractivity contribution in [3.63, 3.8) is 0 Å². The van der Waals surface area contributed by atoms with Crippen LogP contribution >= 0.6 is 0 Å². The fourth-order valence-corrected chi connectivity index (χ4v) is 1.06. The third kappa shape index (κ3) is 7.78. The molecule has 0 aromatic heterocycles. The van der Waals surface area contributed by atoms with E-state index in [1.807, 2.05) is 0 Å². The lowest BCUT2D eigenvalue weighted by Gasteiger charge is -2.10. The fraction of sp³-hybridized carbons (Fsp3) is 0.800. The van der Waals surface area contributed by atoms with E-state index < -0.39 is 18.0 Å². The molecule has 1 atom stereocenters. The molecule has 0 aliphatic heterocycles. The van der Waals surface area contributed by atoms with Gasteiger partial charge in [0.05, 0.1) is 0 Å². The Labute approximate surface area is 90.2 Å². The highest BCUT2D eigenvalue weighted by Crippen LogP contribution is 1.96. The number of amides is 2. The van der Waals surface area contributed by atoms with Crippen molar-refractivity contribution in [1.29, 1.82) is 0 Å². The molecule has 3 N–H and O–H groups in total. The molecule has 5 heteroatoms. The molecule has 0 aliphatic carbocycles. The molecule has 0 saturated heterocycles. The third-order valence-electron chi connectivity index (χ3n) is 2.03. The maximum atomic E-state index is 11.1. The fourth-order valence-electron chi connectivity index (χ4n) is 1.06. The van der Waals surface area contributed by atoms with Crippen molar-refractivity contribution >= 4 is 12.0 Å². The molecule has 0 aromatic rings. The third-order valence-corrected chi connectivity index (χ3v) is 2.03. The molecule has 1 unspecified atom stereocenters. The molecule has 0 aliphatic rings. The van der Waals surface area contributed by atoms with Gasteiger partial charge in [-0.1, -0.05) is 26.2 Å². The van der Waals surface area contributed by atoms with Crippen molar-refractivity contribution in [3.05, 3.63) is 0 Å². The molecule has 0 bridgehead atoms. The molecular weight excluding hydrogens is 196 g/mol. The van der Waals surface area contributed by atoms with Crippen LogP contribution in [-0.4, -0.2) is 29.7 Å². The summed E-state index contributed by atoms with van der Waals surface area (Å²) in [4.78, 5) is 21.5. The van der Waals surface area contributed by atoms with Crippen molar-refractivity contribution in [3.8, 4) is 0 Å². The van der Waals surface area contributed by atoms with Gasteiger partial charge in [0.1, 0.15) is 6.04 Å². The van der Waals surface area contributed by atoms with Crippen LogP contribution in [0.5, 0.6) is 0 Å². The number of carboxylic acid groups (broad SMARTS) is 1. The lowest BCUT2D eigenvalue weighted by atomic mass is 10.2. The van der Waals surface area contributed by atoms with Gasteiger partial charge >= 0.3 is 12.0 Å². The monoisotopic (exact) mass is 216 g/mol. The van der Waals surface area contributed by atoms with Gasteiger partial charge in [-0.2, -0.15) is 0 Å². The first-order valence-corrected chi connectivity index (χ1v) is 5.35. The van der Waals surface area contributed by atoms with Crippen molar-refractivity contribution in [2.75, 3.05) is 6.54 Å². The SMILES string of the molecule is CCCCCCNC(=O)NC(C)C(=O)O. The van der Waals surface area contributed by atoms with E-state index in [9.17, 15) is 9.59 Å². The van der Waals surface area contributed by atoms with Gasteiger partial charge in [-0.25, -0.2) is 4.79 Å². The zero-order valence-electron chi connectivity index (χ0n) is 9.38. The summed E-state index contributed by atoms with van der Waals surface area (Å²) in [6, 6.07) is -1.26. The van der Waals surface area contributed by atoms with Gasteiger partial charge in [-0.3, -0.25) is 4.79 Å². The van der Waals surface area contributed by atoms with Crippen LogP contribution in [0, 0.1) is 0 Å². The average molecular weight is 216 g/mol. The standard InChI is InChI=1S/C10H20N2O3/c1-3-4-5-6-7-11-10(15)12-8(2)9(13)14/h8H,3-7H2,1-2H3,(H,13,14)(H2,11,12,15). The van der Waals surface area contributed by atoms with E-state index in [1.54, 1.807) is 0 Å². The Kier molecular flexibility index (Phi) is 7.40. The van der Waals surface area contributed by atoms with Gasteiger partial charge in [0.15, 0.2) is 0 Å². The van der Waals surface area contributed by atoms with Crippen LogP contribution in [-0.2, 0) is 4.79 Å². The van der Waals surface area contributed by atoms with Gasteiger partial charge < -0.3 is 15.7 Å². The largest absolute Gasteiger partial charge is 0.480 e. The maximum Gasteiger partial charge on any atom is 0.325 e. The summed E-state index contributed by atoms with van der Waals surface area (Å²) in [5.74, 6) is -1.03. The first kappa shape index (κ1) is 13.7. The summed E-state index contributed by atoms with van der Waals surface area (Å²) >= 11 is 0. The lowest BCUT2D eigenvalue weighted by Crippen LogP contribution is -2.44. The Morgan fingerprint density at radius 1 is 1.27 bits per heavy atom. The molecule has 0 rings (SSSR count). The Balaban J connectivity index is 3.45. The Bertz CT molecular complexity index is 207. The predicted molar refractivity (Wildman–Crippen MR) is 57.8 cm³/mol. The highest BCUT2D eigenvalue weighted by Gasteiger charge is 2.12. The first-order valence-electron chi connectivity index (χ1n) is 5.35. The Hall–Kier alpha value is -1.26. The molecule has 0 fully saturated rings. The van der Waals surface area contributed by atoms with Crippen molar-refractivity contribution < 1.29 is 14.7 Å². The molecule has 0 spiro atoms. The summed E-state index contributed by atoms with van der Waals surface area (Å²) in [7, 11) is 0. The van der Waals surface area contributed by atoms with Gasteiger partial charge in [0.25, 0.3) is 0 Å². The number of carbonyl (C=O) groups is 2. The highest BCUT2D eigenvalue weighted by molar-refractivity contribution is 5.82. The molecule has 0 heterocycles. The van der Waals surface area contributed by atoms with E-state index in [2.05, 4.69) is 17.6 Å². The van der Waals surface area contributed by atoms with Crippen LogP contribution in [0.2, 0.25) is 0 Å². The number of rotatable bonds is 7. The topological polar surface area (TPSA) is 78.4 Å². The second-order valence-electron chi connectivity index (χ2n) is 3.52. The normalized spacial score (nSPS) is 11.9. The summed E-state index contributed by atoms with van der Waals surface area (Å²) < 4.78 is 0. The summed E-state index contributed by atoms with van der Waals surface area (Å²) in [6.07, 6.45) is 4.34. The number of unbranched alkanes of at least 4 members (excludes halogenated alkanes) is 3. The van der Waals surface area contributed by atoms with Crippen LogP contribution in [0.15, 0.2) is 0 Å². The van der Waals surface area contributed by atoms with Gasteiger partial charge in [0, 0.05) is 6.54 Å². The number of nitrogens with one attached hydrogen (secondary N) is 2. The molecule has 15 heavy (non-hydrogen) atoms. The number of aliphatic carboxylic acids is 1. The number of hydrogen-bond acceptors (Lipinski definition) is 2. The zero-order valence-corrected chi connectivity index (χ0v) is 9.38. The van der Waals surface area contributed by atoms with E-state index >= 15 is 0 Å². The number of carboxylic acids is 1. The first-order chi connectivity index (χ1) is 7.07. The van der Waals surface area contributed by atoms with Crippen molar-refractivity contribution in [2.45, 2.75) is 45.6 Å². The van der Waals surface area contributed by atoms with E-state index in [0.29, 0.717) is 6.54 Å². The van der Waals surface area contributed by atoms with Crippen molar-refractivity contribution in [2.24, 2.45) is 0 Å². The summed E-state index contributed by atoms with van der Waals surface area (Å²) in [5.41, 5.74) is 0. The Morgan fingerprint density at radius 3 is 2.47 bits per heavy atom. The Morgan fingerprint density at radius 2 is 1.93 bits per heavy atom. The second-order valence-corrected chi connectivity index (χ2v) is 3.52. The molecule has 0 radical (unpaired) electrons. The second kappa shape index (κ2) is 8.08. The molecule has 88 valence electrons. The molecular formula is C10H20N2O3. The minimum Gasteiger partial charge on any atom is -0.480 e. The van der Waals surface area contributed by atoms with Crippen LogP contribution in [0.25, 0.3) is 0 Å². The highest BCUT2D eigenvalue weighted by atomic mass is 16.4. The zero-order chi connectivity index (χ0) is 11.7. The molecule has 0 aromatic carbocycles. The minimum absolute atomic E-state index is 0.415. The van der Waals surface area contributed by atoms with E-state index in [-0.39, 0.29) is 0 Å². The molecule has 0 saturated carbocycles. The van der Waals surface area contributed by atoms with Crippen LogP contribution in [0.3, 0.4) is 0 Å². The lowest BCUT2D eigenvalue weighted by molar-refractivity contribution is -0.138. The van der Waals surface area contributed by atoms with E-state index in [0.717, 1.165) is 25.7 Å². The average Bonchev–Trinajstić information content (AvgIpc) is 2.17. The van der Waals surface area contributed by atoms with Crippen LogP contribution in [0.1, 0.15) is 39.5 Å². The number of carbonyl (C=O) groups excluding carboxylic acids is 1. The van der Waals surface area contributed by atoms with Gasteiger partial charge in [-0.05, 0) is 13.3 Å². The van der Waals surface area contributed by atoms with Crippen LogP contribution in [0.4, 0.5) is 4.79 Å². The van der Waals surface area contributed by atoms with E-state index in [4.69, 9.17) is 5.11 Å². The van der Waals surface area contributed by atoms with Crippen molar-refractivity contribution in [1.82, 2.24) is 10.6 Å². The number of urea groups is 1.